The molecule has 2 aromatic heterocycles. The second kappa shape index (κ2) is 9.56. The first-order chi connectivity index (χ1) is 15.0. The van der Waals surface area contributed by atoms with Gasteiger partial charge in [-0.3, -0.25) is 14.9 Å². The Morgan fingerprint density at radius 2 is 2.00 bits per heavy atom. The summed E-state index contributed by atoms with van der Waals surface area (Å²) < 4.78 is 20.5. The fourth-order valence-corrected chi connectivity index (χ4v) is 4.92. The smallest absolute Gasteiger partial charge is 0.316 e. The number of carbonyl (C=O) groups excluding carboxylic acids is 2. The van der Waals surface area contributed by atoms with E-state index in [1.807, 2.05) is 0 Å². The average Bonchev–Trinajstić information content (AvgIpc) is 3.38. The van der Waals surface area contributed by atoms with Crippen molar-refractivity contribution in [3.8, 4) is 5.69 Å². The molecule has 11 heteroatoms. The second-order valence-electron chi connectivity index (χ2n) is 6.79. The number of nitrogens with zero attached hydrogens (tertiary/aromatic N) is 4. The van der Waals surface area contributed by atoms with Crippen molar-refractivity contribution >= 4 is 40.1 Å². The van der Waals surface area contributed by atoms with Gasteiger partial charge in [-0.15, -0.1) is 10.2 Å². The second-order valence-corrected chi connectivity index (χ2v) is 8.99. The van der Waals surface area contributed by atoms with Crippen LogP contribution in [0.3, 0.4) is 0 Å². The number of anilines is 1. The number of halogens is 1. The van der Waals surface area contributed by atoms with E-state index in [-0.39, 0.29) is 23.4 Å². The molecule has 8 nitrogen and oxygen atoms in total. The van der Waals surface area contributed by atoms with Gasteiger partial charge in [0.2, 0.25) is 5.13 Å². The van der Waals surface area contributed by atoms with E-state index in [2.05, 4.69) is 20.6 Å². The fraction of sp³-hybridized carbons (Fsp3) is 0.350. The summed E-state index contributed by atoms with van der Waals surface area (Å²) in [4.78, 5) is 24.4. The monoisotopic (exact) mass is 461 g/mol. The Morgan fingerprint density at radius 3 is 2.77 bits per heavy atom. The minimum atomic E-state index is -0.364. The molecule has 1 aliphatic rings. The molecule has 0 spiro atoms. The molecule has 0 saturated heterocycles. The molecule has 1 amide bonds. The van der Waals surface area contributed by atoms with Gasteiger partial charge in [-0.2, -0.15) is 5.10 Å². The molecule has 0 unspecified atom stereocenters. The molecule has 2 heterocycles. The Bertz CT molecular complexity index is 1100. The van der Waals surface area contributed by atoms with Crippen molar-refractivity contribution in [3.05, 3.63) is 47.0 Å². The lowest BCUT2D eigenvalue weighted by atomic mass is 9.95. The van der Waals surface area contributed by atoms with E-state index >= 15 is 0 Å². The number of aromatic nitrogens is 4. The number of nitrogens with one attached hydrogen (secondary N) is 1. The van der Waals surface area contributed by atoms with Crippen molar-refractivity contribution in [1.82, 2.24) is 20.0 Å². The van der Waals surface area contributed by atoms with Gasteiger partial charge in [0.1, 0.15) is 5.82 Å². The fourth-order valence-electron chi connectivity index (χ4n) is 3.38. The van der Waals surface area contributed by atoms with Crippen LogP contribution in [0.15, 0.2) is 28.6 Å². The van der Waals surface area contributed by atoms with Crippen molar-refractivity contribution in [1.29, 1.82) is 0 Å². The third kappa shape index (κ3) is 4.93. The summed E-state index contributed by atoms with van der Waals surface area (Å²) in [5.74, 6) is -0.884. The van der Waals surface area contributed by atoms with E-state index in [1.165, 1.54) is 35.2 Å². The molecule has 31 heavy (non-hydrogen) atoms. The molecule has 0 fully saturated rings. The Labute approximate surface area is 186 Å². The van der Waals surface area contributed by atoms with Crippen LogP contribution in [-0.4, -0.2) is 44.2 Å². The highest BCUT2D eigenvalue weighted by molar-refractivity contribution is 8.01. The van der Waals surface area contributed by atoms with Crippen molar-refractivity contribution in [2.24, 2.45) is 0 Å². The van der Waals surface area contributed by atoms with E-state index in [9.17, 15) is 14.0 Å². The first-order valence-corrected chi connectivity index (χ1v) is 11.7. The summed E-state index contributed by atoms with van der Waals surface area (Å²) in [6, 6.07) is 6.05. The number of hydrogen-bond donors (Lipinski definition) is 1. The molecule has 0 saturated carbocycles. The minimum Gasteiger partial charge on any atom is -0.465 e. The first-order valence-electron chi connectivity index (χ1n) is 9.85. The Balaban J connectivity index is 1.51. The molecule has 3 aromatic rings. The van der Waals surface area contributed by atoms with Crippen molar-refractivity contribution in [3.63, 3.8) is 0 Å². The number of esters is 1. The molecular weight excluding hydrogens is 441 g/mol. The van der Waals surface area contributed by atoms with Gasteiger partial charge >= 0.3 is 5.97 Å². The van der Waals surface area contributed by atoms with Crippen molar-refractivity contribution < 1.29 is 18.7 Å². The van der Waals surface area contributed by atoms with Crippen LogP contribution in [0.2, 0.25) is 0 Å². The van der Waals surface area contributed by atoms with E-state index in [0.717, 1.165) is 36.9 Å². The van der Waals surface area contributed by atoms with Crippen LogP contribution in [0.1, 0.15) is 41.5 Å². The summed E-state index contributed by atoms with van der Waals surface area (Å²) in [5.41, 5.74) is 2.95. The Kier molecular flexibility index (Phi) is 6.62. The normalized spacial score (nSPS) is 13.0. The quantitative estimate of drug-likeness (QED) is 0.326. The molecule has 0 aliphatic heterocycles. The van der Waals surface area contributed by atoms with Crippen molar-refractivity contribution in [2.75, 3.05) is 17.7 Å². The van der Waals surface area contributed by atoms with Crippen molar-refractivity contribution in [2.45, 2.75) is 36.9 Å². The number of thioether (sulfide) groups is 1. The number of hydrogen-bond acceptors (Lipinski definition) is 8. The molecule has 0 bridgehead atoms. The van der Waals surface area contributed by atoms with E-state index in [1.54, 1.807) is 23.7 Å². The van der Waals surface area contributed by atoms with E-state index in [4.69, 9.17) is 4.74 Å². The zero-order valence-corrected chi connectivity index (χ0v) is 18.4. The lowest BCUT2D eigenvalue weighted by Gasteiger charge is -2.14. The van der Waals surface area contributed by atoms with Gasteiger partial charge in [-0.1, -0.05) is 23.1 Å². The van der Waals surface area contributed by atoms with Gasteiger partial charge in [0.05, 0.1) is 18.0 Å². The third-order valence-electron chi connectivity index (χ3n) is 4.71. The lowest BCUT2D eigenvalue weighted by Crippen LogP contribution is -2.15. The SMILES string of the molecule is CCOC(=O)CSc1nnc(NC(=O)c2nn(-c3ccc(F)cc3)c3c2CCCC3)s1. The molecule has 0 radical (unpaired) electrons. The molecule has 4 rings (SSSR count). The van der Waals surface area contributed by atoms with E-state index < -0.39 is 0 Å². The zero-order valence-electron chi connectivity index (χ0n) is 16.8. The number of amides is 1. The number of benzene rings is 1. The predicted octanol–water partition coefficient (Wildman–Crippen LogP) is 3.65. The number of rotatable bonds is 7. The van der Waals surface area contributed by atoms with Gasteiger partial charge in [-0.25, -0.2) is 9.07 Å². The molecule has 1 aromatic carbocycles. The topological polar surface area (TPSA) is 99.0 Å². The lowest BCUT2D eigenvalue weighted by molar-refractivity contribution is -0.139. The summed E-state index contributed by atoms with van der Waals surface area (Å²) >= 11 is 2.39. The Hall–Kier alpha value is -2.79. The van der Waals surface area contributed by atoms with Crippen LogP contribution >= 0.6 is 23.1 Å². The summed E-state index contributed by atoms with van der Waals surface area (Å²) in [7, 11) is 0. The average molecular weight is 462 g/mol. The Morgan fingerprint density at radius 1 is 1.23 bits per heavy atom. The predicted molar refractivity (Wildman–Crippen MR) is 115 cm³/mol. The van der Waals surface area contributed by atoms with Gasteiger partial charge in [0.25, 0.3) is 5.91 Å². The van der Waals surface area contributed by atoms with Gasteiger partial charge < -0.3 is 4.74 Å². The van der Waals surface area contributed by atoms with Crippen LogP contribution < -0.4 is 5.32 Å². The van der Waals surface area contributed by atoms with Crippen LogP contribution in [0.4, 0.5) is 9.52 Å². The van der Waals surface area contributed by atoms with Gasteiger partial charge in [-0.05, 0) is 56.9 Å². The zero-order chi connectivity index (χ0) is 21.8. The largest absolute Gasteiger partial charge is 0.465 e. The first kappa shape index (κ1) is 21.4. The highest BCUT2D eigenvalue weighted by Gasteiger charge is 2.26. The minimum absolute atomic E-state index is 0.131. The van der Waals surface area contributed by atoms with Crippen LogP contribution in [0.25, 0.3) is 5.69 Å². The van der Waals surface area contributed by atoms with Crippen LogP contribution in [0.5, 0.6) is 0 Å². The van der Waals surface area contributed by atoms with Gasteiger partial charge in [0.15, 0.2) is 10.0 Å². The maximum absolute atomic E-state index is 13.3. The molecule has 1 N–H and O–H groups in total. The van der Waals surface area contributed by atoms with Gasteiger partial charge in [0, 0.05) is 11.3 Å². The summed E-state index contributed by atoms with van der Waals surface area (Å²) in [5, 5.41) is 15.6. The summed E-state index contributed by atoms with van der Waals surface area (Å²) in [6.45, 7) is 2.07. The third-order valence-corrected chi connectivity index (χ3v) is 6.66. The van der Waals surface area contributed by atoms with Crippen LogP contribution in [0, 0.1) is 5.82 Å². The molecule has 1 aliphatic carbocycles. The molecular formula is C20H20FN5O3S2. The highest BCUT2D eigenvalue weighted by Crippen LogP contribution is 2.29. The summed E-state index contributed by atoms with van der Waals surface area (Å²) in [6.07, 6.45) is 3.56. The molecule has 162 valence electrons. The van der Waals surface area contributed by atoms with Crippen LogP contribution in [-0.2, 0) is 22.4 Å². The molecule has 0 atom stereocenters. The maximum atomic E-state index is 13.3. The number of ether oxygens (including phenoxy) is 1. The standard InChI is InChI=1S/C20H20FN5O3S2/c1-2-29-16(27)11-30-20-24-23-19(31-20)22-18(28)17-14-5-3-4-6-15(14)26(25-17)13-9-7-12(21)8-10-13/h7-10H,2-6,11H2,1H3,(H,22,23,28). The van der Waals surface area contributed by atoms with E-state index in [0.29, 0.717) is 27.5 Å². The maximum Gasteiger partial charge on any atom is 0.316 e. The number of fused-ring (bicyclic) bond motifs is 1. The highest BCUT2D eigenvalue weighted by atomic mass is 32.2. The number of carbonyl (C=O) groups is 2.